The molecule has 1 aromatic rings. The van der Waals surface area contributed by atoms with Gasteiger partial charge < -0.3 is 16.0 Å². The van der Waals surface area contributed by atoms with Gasteiger partial charge in [-0.25, -0.2) is 0 Å². The van der Waals surface area contributed by atoms with Gasteiger partial charge in [0.05, 0.1) is 6.54 Å². The molecule has 0 aliphatic carbocycles. The van der Waals surface area contributed by atoms with E-state index in [0.717, 1.165) is 5.56 Å². The number of benzene rings is 1. The fourth-order valence-electron chi connectivity index (χ4n) is 1.45. The van der Waals surface area contributed by atoms with Crippen molar-refractivity contribution in [3.05, 3.63) is 35.9 Å². The predicted molar refractivity (Wildman–Crippen MR) is 76.2 cm³/mol. The van der Waals surface area contributed by atoms with Gasteiger partial charge in [0, 0.05) is 25.4 Å². The maximum atomic E-state index is 11.8. The highest BCUT2D eigenvalue weighted by Gasteiger charge is 2.09. The van der Waals surface area contributed by atoms with Crippen LogP contribution in [-0.2, 0) is 9.59 Å². The molecule has 5 heteroatoms. The summed E-state index contributed by atoms with van der Waals surface area (Å²) in [6, 6.07) is 7.18. The molecule has 1 rings (SSSR count). The van der Waals surface area contributed by atoms with Gasteiger partial charge in [0.25, 0.3) is 0 Å². The molecule has 0 aliphatic heterocycles. The van der Waals surface area contributed by atoms with E-state index in [1.807, 2.05) is 19.1 Å². The predicted octanol–water partition coefficient (Wildman–Crippen LogP) is 0.876. The van der Waals surface area contributed by atoms with Crippen molar-refractivity contribution in [3.8, 4) is 0 Å². The summed E-state index contributed by atoms with van der Waals surface area (Å²) in [4.78, 5) is 24.4. The Bertz CT molecular complexity index is 466. The van der Waals surface area contributed by atoms with Crippen molar-refractivity contribution in [2.24, 2.45) is 0 Å². The Labute approximate surface area is 113 Å². The van der Waals surface area contributed by atoms with Gasteiger partial charge in [-0.3, -0.25) is 9.59 Å². The van der Waals surface area contributed by atoms with Crippen molar-refractivity contribution in [2.75, 3.05) is 25.9 Å². The number of rotatable bonds is 5. The zero-order valence-electron chi connectivity index (χ0n) is 11.2. The average Bonchev–Trinajstić information content (AvgIpc) is 2.37. The van der Waals surface area contributed by atoms with Crippen molar-refractivity contribution >= 4 is 23.6 Å². The molecule has 5 nitrogen and oxygen atoms in total. The number of carbonyl (C=O) groups is 2. The molecule has 0 atom stereocenters. The highest BCUT2D eigenvalue weighted by molar-refractivity contribution is 5.94. The van der Waals surface area contributed by atoms with Crippen LogP contribution in [0.25, 0.3) is 6.08 Å². The highest BCUT2D eigenvalue weighted by Crippen LogP contribution is 2.07. The van der Waals surface area contributed by atoms with E-state index >= 15 is 0 Å². The highest BCUT2D eigenvalue weighted by atomic mass is 16.2. The van der Waals surface area contributed by atoms with Crippen LogP contribution in [0.4, 0.5) is 5.69 Å². The number of nitrogens with zero attached hydrogens (tertiary/aromatic N) is 1. The fourth-order valence-corrected chi connectivity index (χ4v) is 1.45. The third kappa shape index (κ3) is 5.25. The number of hydrogen-bond acceptors (Lipinski definition) is 3. The Balaban J connectivity index is 2.54. The quantitative estimate of drug-likeness (QED) is 0.610. The largest absolute Gasteiger partial charge is 0.399 e. The minimum Gasteiger partial charge on any atom is -0.399 e. The summed E-state index contributed by atoms with van der Waals surface area (Å²) in [6.07, 6.45) is 3.13. The van der Waals surface area contributed by atoms with E-state index in [9.17, 15) is 9.59 Å². The average molecular weight is 261 g/mol. The topological polar surface area (TPSA) is 75.4 Å². The van der Waals surface area contributed by atoms with Crippen LogP contribution in [0.5, 0.6) is 0 Å². The van der Waals surface area contributed by atoms with Crippen LogP contribution in [0.3, 0.4) is 0 Å². The van der Waals surface area contributed by atoms with Crippen LogP contribution in [0.15, 0.2) is 30.3 Å². The molecule has 0 spiro atoms. The van der Waals surface area contributed by atoms with Crippen LogP contribution in [0.2, 0.25) is 0 Å². The number of likely N-dealkylation sites (N-methyl/N-ethyl adjacent to an activating group) is 2. The van der Waals surface area contributed by atoms with Crippen molar-refractivity contribution in [1.82, 2.24) is 10.2 Å². The first-order chi connectivity index (χ1) is 9.02. The van der Waals surface area contributed by atoms with Gasteiger partial charge in [0.2, 0.25) is 11.8 Å². The second-order valence-electron chi connectivity index (χ2n) is 4.15. The molecule has 0 saturated carbocycles. The monoisotopic (exact) mass is 261 g/mol. The first kappa shape index (κ1) is 14.8. The molecule has 3 N–H and O–H groups in total. The molecule has 19 heavy (non-hydrogen) atoms. The number of anilines is 1. The molecule has 0 saturated heterocycles. The van der Waals surface area contributed by atoms with Crippen molar-refractivity contribution < 1.29 is 9.59 Å². The molecule has 0 unspecified atom stereocenters. The second-order valence-corrected chi connectivity index (χ2v) is 4.15. The minimum atomic E-state index is -0.219. The van der Waals surface area contributed by atoms with Gasteiger partial charge in [0.1, 0.15) is 0 Å². The SMILES string of the molecule is CCNC(=O)CN(C)C(=O)/C=C/c1ccc(N)cc1. The van der Waals surface area contributed by atoms with Gasteiger partial charge in [-0.2, -0.15) is 0 Å². The summed E-state index contributed by atoms with van der Waals surface area (Å²) in [6.45, 7) is 2.45. The Kier molecular flexibility index (Phi) is 5.60. The van der Waals surface area contributed by atoms with Crippen molar-refractivity contribution in [3.63, 3.8) is 0 Å². The molecule has 0 radical (unpaired) electrons. The summed E-state index contributed by atoms with van der Waals surface area (Å²) in [5.41, 5.74) is 7.13. The number of amides is 2. The zero-order chi connectivity index (χ0) is 14.3. The fraction of sp³-hybridized carbons (Fsp3) is 0.286. The molecule has 0 fully saturated rings. The zero-order valence-corrected chi connectivity index (χ0v) is 11.2. The number of hydrogen-bond donors (Lipinski definition) is 2. The number of nitrogen functional groups attached to an aromatic ring is 1. The molecular formula is C14H19N3O2. The third-order valence-electron chi connectivity index (χ3n) is 2.49. The van der Waals surface area contributed by atoms with Gasteiger partial charge in [-0.15, -0.1) is 0 Å². The summed E-state index contributed by atoms with van der Waals surface area (Å²) >= 11 is 0. The Hall–Kier alpha value is -2.30. The Morgan fingerprint density at radius 1 is 1.32 bits per heavy atom. The van der Waals surface area contributed by atoms with Crippen LogP contribution in [0, 0.1) is 0 Å². The summed E-state index contributed by atoms with van der Waals surface area (Å²) in [5.74, 6) is -0.387. The Morgan fingerprint density at radius 2 is 1.95 bits per heavy atom. The molecule has 102 valence electrons. The number of carbonyl (C=O) groups excluding carboxylic acids is 2. The van der Waals surface area contributed by atoms with E-state index in [2.05, 4.69) is 5.32 Å². The molecule has 0 aliphatic rings. The first-order valence-corrected chi connectivity index (χ1v) is 6.08. The number of nitrogens with one attached hydrogen (secondary N) is 1. The molecule has 0 aromatic heterocycles. The standard InChI is InChI=1S/C14H19N3O2/c1-3-16-13(18)10-17(2)14(19)9-6-11-4-7-12(15)8-5-11/h4-9H,3,10,15H2,1-2H3,(H,16,18)/b9-6+. The van der Waals surface area contributed by atoms with E-state index in [1.165, 1.54) is 11.0 Å². The lowest BCUT2D eigenvalue weighted by molar-refractivity contribution is -0.131. The van der Waals surface area contributed by atoms with E-state index in [4.69, 9.17) is 5.73 Å². The lowest BCUT2D eigenvalue weighted by Crippen LogP contribution is -2.37. The van der Waals surface area contributed by atoms with Crippen LogP contribution in [-0.4, -0.2) is 36.9 Å². The van der Waals surface area contributed by atoms with E-state index < -0.39 is 0 Å². The van der Waals surface area contributed by atoms with Crippen molar-refractivity contribution in [2.45, 2.75) is 6.92 Å². The van der Waals surface area contributed by atoms with Gasteiger partial charge >= 0.3 is 0 Å². The van der Waals surface area contributed by atoms with Gasteiger partial charge in [-0.1, -0.05) is 12.1 Å². The van der Waals surface area contributed by atoms with Crippen molar-refractivity contribution in [1.29, 1.82) is 0 Å². The Morgan fingerprint density at radius 3 is 2.53 bits per heavy atom. The summed E-state index contributed by atoms with van der Waals surface area (Å²) in [5, 5.41) is 2.64. The van der Waals surface area contributed by atoms with E-state index in [-0.39, 0.29) is 18.4 Å². The molecule has 2 amide bonds. The summed E-state index contributed by atoms with van der Waals surface area (Å²) < 4.78 is 0. The lowest BCUT2D eigenvalue weighted by atomic mass is 10.2. The maximum Gasteiger partial charge on any atom is 0.246 e. The second kappa shape index (κ2) is 7.20. The van der Waals surface area contributed by atoms with Gasteiger partial charge in [0.15, 0.2) is 0 Å². The molecule has 0 bridgehead atoms. The third-order valence-corrected chi connectivity index (χ3v) is 2.49. The molecular weight excluding hydrogens is 242 g/mol. The summed E-state index contributed by atoms with van der Waals surface area (Å²) in [7, 11) is 1.59. The smallest absolute Gasteiger partial charge is 0.246 e. The normalized spacial score (nSPS) is 10.4. The molecule has 1 aromatic carbocycles. The van der Waals surface area contributed by atoms with Crippen LogP contribution >= 0.6 is 0 Å². The van der Waals surface area contributed by atoms with Crippen LogP contribution in [0.1, 0.15) is 12.5 Å². The van der Waals surface area contributed by atoms with E-state index in [0.29, 0.717) is 12.2 Å². The lowest BCUT2D eigenvalue weighted by Gasteiger charge is -2.14. The number of nitrogens with two attached hydrogens (primary N) is 1. The molecule has 0 heterocycles. The minimum absolute atomic E-state index is 0.0543. The van der Waals surface area contributed by atoms with Gasteiger partial charge in [-0.05, 0) is 30.7 Å². The van der Waals surface area contributed by atoms with E-state index in [1.54, 1.807) is 25.3 Å². The van der Waals surface area contributed by atoms with Crippen LogP contribution < -0.4 is 11.1 Å². The maximum absolute atomic E-state index is 11.8. The first-order valence-electron chi connectivity index (χ1n) is 6.08.